The highest BCUT2D eigenvalue weighted by Crippen LogP contribution is 2.43. The van der Waals surface area contributed by atoms with Gasteiger partial charge in [0.15, 0.2) is 0 Å². The Morgan fingerprint density at radius 1 is 0.548 bits per heavy atom. The topological polar surface area (TPSA) is 96.5 Å². The van der Waals surface area contributed by atoms with Crippen LogP contribution in [-0.4, -0.2) is 47.7 Å². The maximum absolute atomic E-state index is 12.0. The number of aliphatic imine (C=N–C) groups is 2. The lowest BCUT2D eigenvalue weighted by atomic mass is 10.1. The SMILES string of the molecule is O=NN1c2ccc(Cl)cc2N=C(N2CCN(C3=Nc4cc(Cl)ccc4N(N=O)c4ccccc43)CC2)c2ccccc21. The fourth-order valence-electron chi connectivity index (χ4n) is 5.62. The Morgan fingerprint density at radius 2 is 0.952 bits per heavy atom. The number of rotatable bonds is 2. The van der Waals surface area contributed by atoms with Crippen molar-refractivity contribution in [3.05, 3.63) is 116 Å². The van der Waals surface area contributed by atoms with E-state index in [9.17, 15) is 9.81 Å². The molecule has 1 saturated heterocycles. The van der Waals surface area contributed by atoms with Crippen LogP contribution in [0, 0.1) is 9.81 Å². The monoisotopic (exact) mass is 596 g/mol. The van der Waals surface area contributed by atoms with Crippen molar-refractivity contribution in [2.24, 2.45) is 20.6 Å². The van der Waals surface area contributed by atoms with Crippen LogP contribution >= 0.6 is 23.2 Å². The second kappa shape index (κ2) is 10.6. The second-order valence-corrected chi connectivity index (χ2v) is 10.8. The molecule has 3 aliphatic heterocycles. The van der Waals surface area contributed by atoms with Gasteiger partial charge in [0, 0.05) is 47.4 Å². The molecule has 0 N–H and O–H groups in total. The first-order valence-corrected chi connectivity index (χ1v) is 14.0. The number of amidine groups is 2. The van der Waals surface area contributed by atoms with Crippen molar-refractivity contribution in [3.63, 3.8) is 0 Å². The maximum atomic E-state index is 12.0. The molecule has 7 rings (SSSR count). The number of nitrogens with zero attached hydrogens (tertiary/aromatic N) is 8. The van der Waals surface area contributed by atoms with Gasteiger partial charge >= 0.3 is 0 Å². The fourth-order valence-corrected chi connectivity index (χ4v) is 5.95. The van der Waals surface area contributed by atoms with Crippen molar-refractivity contribution in [1.29, 1.82) is 0 Å². The van der Waals surface area contributed by atoms with E-state index in [1.807, 2.05) is 48.5 Å². The first kappa shape index (κ1) is 26.1. The summed E-state index contributed by atoms with van der Waals surface area (Å²) in [6, 6.07) is 25.6. The normalized spacial score (nSPS) is 15.8. The highest BCUT2D eigenvalue weighted by molar-refractivity contribution is 6.31. The molecule has 42 heavy (non-hydrogen) atoms. The van der Waals surface area contributed by atoms with Crippen LogP contribution in [0.15, 0.2) is 105 Å². The summed E-state index contributed by atoms with van der Waals surface area (Å²) in [7, 11) is 0. The van der Waals surface area contributed by atoms with Crippen LogP contribution in [0.1, 0.15) is 11.1 Å². The molecule has 3 aliphatic rings. The molecule has 12 heteroatoms. The van der Waals surface area contributed by atoms with Crippen LogP contribution in [0.25, 0.3) is 0 Å². The van der Waals surface area contributed by atoms with E-state index in [1.54, 1.807) is 36.4 Å². The number of halogens is 2. The molecule has 0 saturated carbocycles. The Labute approximate surface area is 251 Å². The van der Waals surface area contributed by atoms with Gasteiger partial charge in [-0.15, -0.1) is 9.81 Å². The van der Waals surface area contributed by atoms with Crippen molar-refractivity contribution >= 4 is 69.0 Å². The predicted molar refractivity (Wildman–Crippen MR) is 167 cm³/mol. The molecule has 0 unspecified atom stereocenters. The average molecular weight is 597 g/mol. The van der Waals surface area contributed by atoms with Gasteiger partial charge in [-0.2, -0.15) is 10.0 Å². The number of nitroso groups, excluding NO2 is 2. The zero-order valence-corrected chi connectivity index (χ0v) is 23.6. The first-order chi connectivity index (χ1) is 20.6. The van der Waals surface area contributed by atoms with Crippen molar-refractivity contribution in [2.75, 3.05) is 36.2 Å². The van der Waals surface area contributed by atoms with Gasteiger partial charge in [-0.25, -0.2) is 9.98 Å². The number of hydrogen-bond donors (Lipinski definition) is 0. The molecular weight excluding hydrogens is 575 g/mol. The minimum absolute atomic E-state index is 0.516. The van der Waals surface area contributed by atoms with Crippen molar-refractivity contribution in [1.82, 2.24) is 9.80 Å². The Kier molecular flexibility index (Phi) is 6.56. The molecule has 0 aliphatic carbocycles. The number of benzene rings is 4. The van der Waals surface area contributed by atoms with E-state index in [4.69, 9.17) is 33.2 Å². The molecule has 4 aromatic rings. The molecule has 208 valence electrons. The minimum Gasteiger partial charge on any atom is -0.352 e. The van der Waals surface area contributed by atoms with Gasteiger partial charge < -0.3 is 9.80 Å². The molecule has 4 aromatic carbocycles. The molecule has 0 atom stereocenters. The molecular formula is C30H22Cl2N8O2. The lowest BCUT2D eigenvalue weighted by molar-refractivity contribution is 0.260. The highest BCUT2D eigenvalue weighted by Gasteiger charge is 2.32. The van der Waals surface area contributed by atoms with E-state index in [1.165, 1.54) is 10.0 Å². The van der Waals surface area contributed by atoms with E-state index < -0.39 is 0 Å². The van der Waals surface area contributed by atoms with Gasteiger partial charge in [-0.05, 0) is 60.7 Å². The lowest BCUT2D eigenvalue weighted by Gasteiger charge is -2.38. The van der Waals surface area contributed by atoms with Gasteiger partial charge in [0.1, 0.15) is 11.7 Å². The average Bonchev–Trinajstić information content (AvgIpc) is 3.24. The minimum atomic E-state index is 0.516. The molecule has 1 fully saturated rings. The molecule has 0 aromatic heterocycles. The third kappa shape index (κ3) is 4.36. The van der Waals surface area contributed by atoms with Crippen LogP contribution < -0.4 is 10.0 Å². The summed E-state index contributed by atoms with van der Waals surface area (Å²) in [5.41, 5.74) is 5.13. The van der Waals surface area contributed by atoms with E-state index in [-0.39, 0.29) is 0 Å². The van der Waals surface area contributed by atoms with Crippen molar-refractivity contribution in [2.45, 2.75) is 0 Å². The summed E-state index contributed by atoms with van der Waals surface area (Å²) in [5.74, 6) is 1.47. The summed E-state index contributed by atoms with van der Waals surface area (Å²) >= 11 is 12.6. The summed E-state index contributed by atoms with van der Waals surface area (Å²) in [5, 5.41) is 10.4. The Hall–Kier alpha value is -4.80. The van der Waals surface area contributed by atoms with Gasteiger partial charge in [-0.1, -0.05) is 47.5 Å². The predicted octanol–water partition coefficient (Wildman–Crippen LogP) is 7.73. The smallest absolute Gasteiger partial charge is 0.138 e. The van der Waals surface area contributed by atoms with Crippen molar-refractivity contribution in [3.8, 4) is 0 Å². The molecule has 10 nitrogen and oxygen atoms in total. The number of para-hydroxylation sites is 2. The zero-order chi connectivity index (χ0) is 28.8. The van der Waals surface area contributed by atoms with Crippen LogP contribution in [-0.2, 0) is 0 Å². The van der Waals surface area contributed by atoms with Crippen LogP contribution in [0.2, 0.25) is 10.0 Å². The number of piperazine rings is 1. The molecule has 3 heterocycles. The quantitative estimate of drug-likeness (QED) is 0.220. The lowest BCUT2D eigenvalue weighted by Crippen LogP contribution is -2.51. The zero-order valence-electron chi connectivity index (χ0n) is 22.1. The third-order valence-electron chi connectivity index (χ3n) is 7.57. The van der Waals surface area contributed by atoms with Crippen LogP contribution in [0.3, 0.4) is 0 Å². The Morgan fingerprint density at radius 3 is 1.36 bits per heavy atom. The molecule has 0 amide bonds. The van der Waals surface area contributed by atoms with E-state index in [2.05, 4.69) is 20.4 Å². The maximum Gasteiger partial charge on any atom is 0.138 e. The van der Waals surface area contributed by atoms with Crippen molar-refractivity contribution < 1.29 is 0 Å². The highest BCUT2D eigenvalue weighted by atomic mass is 35.5. The van der Waals surface area contributed by atoms with Gasteiger partial charge in [0.2, 0.25) is 0 Å². The summed E-state index contributed by atoms with van der Waals surface area (Å²) in [6.45, 7) is 2.49. The Bertz CT molecular complexity index is 1670. The van der Waals surface area contributed by atoms with E-state index in [0.717, 1.165) is 22.8 Å². The molecule has 0 radical (unpaired) electrons. The molecule has 0 bridgehead atoms. The van der Waals surface area contributed by atoms with E-state index >= 15 is 0 Å². The summed E-state index contributed by atoms with van der Waals surface area (Å²) in [4.78, 5) is 38.5. The Balaban J connectivity index is 1.26. The third-order valence-corrected chi connectivity index (χ3v) is 8.04. The molecule has 0 spiro atoms. The second-order valence-electron chi connectivity index (χ2n) is 9.93. The first-order valence-electron chi connectivity index (χ1n) is 13.3. The van der Waals surface area contributed by atoms with Crippen LogP contribution in [0.5, 0.6) is 0 Å². The van der Waals surface area contributed by atoms with Gasteiger partial charge in [0.05, 0.1) is 44.7 Å². The standard InChI is InChI=1S/C30H22Cl2N8O2/c31-19-9-11-27-23(17-19)33-29(21-5-1-3-7-25(21)39(27)35-41)37-13-15-38(16-14-37)30-22-6-2-4-8-26(22)40(36-42)28-12-10-20(32)18-24(28)34-30/h1-12,17-18H,13-16H2. The number of fused-ring (bicyclic) bond motifs is 4. The summed E-state index contributed by atoms with van der Waals surface area (Å²) in [6.07, 6.45) is 0. The number of hydrogen-bond acceptors (Lipinski definition) is 8. The van der Waals surface area contributed by atoms with Crippen LogP contribution in [0.4, 0.5) is 34.1 Å². The summed E-state index contributed by atoms with van der Waals surface area (Å²) < 4.78 is 0. The van der Waals surface area contributed by atoms with Gasteiger partial charge in [-0.3, -0.25) is 0 Å². The largest absolute Gasteiger partial charge is 0.352 e. The fraction of sp³-hybridized carbons (Fsp3) is 0.133. The van der Waals surface area contributed by atoms with E-state index in [0.29, 0.717) is 70.3 Å². The van der Waals surface area contributed by atoms with Gasteiger partial charge in [0.25, 0.3) is 0 Å². The number of anilines is 4.